The molecule has 0 radical (unpaired) electrons. The van der Waals surface area contributed by atoms with E-state index in [2.05, 4.69) is 100 Å². The maximum absolute atomic E-state index is 15.9. The minimum Gasteiger partial charge on any atom is -0.508 e. The van der Waals surface area contributed by atoms with E-state index in [0.29, 0.717) is 49.3 Å². The van der Waals surface area contributed by atoms with Crippen LogP contribution < -0.4 is 114 Å². The number of aromatic amines is 2. The van der Waals surface area contributed by atoms with Gasteiger partial charge in [0.05, 0.1) is 30.6 Å². The lowest BCUT2D eigenvalue weighted by atomic mass is 10.0. The number of rotatable bonds is 30. The van der Waals surface area contributed by atoms with Crippen LogP contribution in [0, 0.1) is 5.92 Å². The number of aromatic nitrogens is 3. The Hall–Kier alpha value is -13.6. The van der Waals surface area contributed by atoms with Crippen LogP contribution in [0.4, 0.5) is 0 Å². The van der Waals surface area contributed by atoms with Crippen LogP contribution in [0.1, 0.15) is 135 Å². The summed E-state index contributed by atoms with van der Waals surface area (Å²) in [5.41, 5.74) is 31.5. The molecule has 2 aromatic heterocycles. The van der Waals surface area contributed by atoms with Gasteiger partial charge in [-0.3, -0.25) is 101 Å². The number of nitrogens with zero attached hydrogens (tertiary/aromatic N) is 2. The molecule has 31 N–H and O–H groups in total. The summed E-state index contributed by atoms with van der Waals surface area (Å²) in [7, 11) is 3.01. The fourth-order valence-corrected chi connectivity index (χ4v) is 20.0. The molecule has 3 fully saturated rings. The number of phenols is 1. The number of imidazole rings is 1. The fourth-order valence-electron chi connectivity index (χ4n) is 15.4. The van der Waals surface area contributed by atoms with Crippen LogP contribution in [0.15, 0.2) is 97.6 Å². The summed E-state index contributed by atoms with van der Waals surface area (Å²) in [4.78, 5) is 316. The molecule has 3 saturated heterocycles. The van der Waals surface area contributed by atoms with Gasteiger partial charge in [-0.1, -0.05) is 118 Å². The second-order valence-electron chi connectivity index (χ2n) is 35.4. The first-order chi connectivity index (χ1) is 68.4. The number of amides is 20. The van der Waals surface area contributed by atoms with E-state index in [1.54, 1.807) is 68.4 Å². The number of hydrogen-bond donors (Lipinski definition) is 26. The molecular formula is C91H127N25O24S4. The molecule has 3 aliphatic rings. The molecule has 0 unspecified atom stereocenters. The molecule has 53 heteroatoms. The van der Waals surface area contributed by atoms with Crippen molar-refractivity contribution in [1.82, 2.24) is 105 Å². The monoisotopic (exact) mass is 2080 g/mol. The molecule has 5 aromatic rings. The zero-order valence-electron chi connectivity index (χ0n) is 80.0. The van der Waals surface area contributed by atoms with Gasteiger partial charge in [-0.15, -0.1) is 0 Å². The summed E-state index contributed by atoms with van der Waals surface area (Å²) < 4.78 is 0. The van der Waals surface area contributed by atoms with Crippen molar-refractivity contribution in [2.24, 2.45) is 34.6 Å². The van der Waals surface area contributed by atoms with E-state index < -0.39 is 307 Å². The summed E-state index contributed by atoms with van der Waals surface area (Å²) in [6.07, 6.45) is -2.49. The number of hydrogen-bond acceptors (Lipinski definition) is 30. The Labute approximate surface area is 843 Å². The van der Waals surface area contributed by atoms with E-state index in [1.807, 2.05) is 0 Å². The molecule has 3 aromatic carbocycles. The number of aliphatic hydroxyl groups is 1. The van der Waals surface area contributed by atoms with Crippen molar-refractivity contribution in [1.29, 1.82) is 0 Å². The zero-order valence-corrected chi connectivity index (χ0v) is 83.2. The van der Waals surface area contributed by atoms with Crippen LogP contribution >= 0.6 is 43.2 Å². The molecule has 0 spiro atoms. The van der Waals surface area contributed by atoms with Gasteiger partial charge < -0.3 is 144 Å². The first-order valence-corrected chi connectivity index (χ1v) is 51.6. The number of nitrogens with two attached hydrogens (primary N) is 5. The van der Waals surface area contributed by atoms with Crippen molar-refractivity contribution >= 4 is 178 Å². The number of primary amides is 3. The van der Waals surface area contributed by atoms with Gasteiger partial charge in [0.1, 0.15) is 108 Å². The van der Waals surface area contributed by atoms with Gasteiger partial charge in [-0.05, 0) is 126 Å². The van der Waals surface area contributed by atoms with Gasteiger partial charge >= 0.3 is 5.97 Å². The molecule has 20 amide bonds. The van der Waals surface area contributed by atoms with E-state index in [0.717, 1.165) is 40.3 Å². The van der Waals surface area contributed by atoms with E-state index in [9.17, 15) is 77.6 Å². The summed E-state index contributed by atoms with van der Waals surface area (Å²) in [5, 5.41) is 72.5. The third kappa shape index (κ3) is 36.6. The highest BCUT2D eigenvalue weighted by Gasteiger charge is 2.43. The molecule has 3 aliphatic heterocycles. The molecular weight excluding hydrogens is 1960 g/mol. The molecule has 0 aliphatic carbocycles. The number of aromatic hydroxyl groups is 1. The van der Waals surface area contributed by atoms with Gasteiger partial charge in [-0.25, -0.2) is 4.98 Å². The van der Waals surface area contributed by atoms with Crippen LogP contribution in [0.25, 0.3) is 10.9 Å². The lowest BCUT2D eigenvalue weighted by Gasteiger charge is -2.30. The van der Waals surface area contributed by atoms with Gasteiger partial charge in [0.2, 0.25) is 118 Å². The minimum atomic E-state index is -1.99. The second kappa shape index (κ2) is 57.0. The highest BCUT2D eigenvalue weighted by molar-refractivity contribution is 8.77. The van der Waals surface area contributed by atoms with Crippen molar-refractivity contribution in [3.05, 3.63) is 120 Å². The standard InChI is InChI=1S/C91H127N25O24S4/c1-44(2)31-61(81(130)106-60(74(96)123)35-52-38-97-43-99-52)110-79(128)58(25-27-70(94)119)104-88(137)68-42-144-143-41-67-87(136)103-57(19-12-13-29-92)78(127)102-47(5)91(140)116-30-14-20-69(116)89(138)105-59(26-28-72(121)122)80(129)115-73(48(6)117)90(139)101-46(4)76(125)107-62(32-49-15-8-7-9-16-49)83(132)112-66(40-142-141-39-55(93)77(126)109-65(36-71(95)120)85(134)114-67)86(135)100-45(3)75(124)108-63(33-50-21-23-53(118)24-22-50)82(131)111-64(84(133)113-68)34-51-37-98-56-18-11-10-17-54(51)56/h7-11,15-18,21-24,37-38,43-48,55,57-69,73,98,117-118H,12-14,19-20,25-36,39-42,92-93H2,1-6H3,(H2,94,119)(H2,95,120)(H2,96,123)(H,97,99)(H,100,135)(H,101,139)(H,102,127)(H,103,136)(H,104,137)(H,105,138)(H,106,130)(H,107,125)(H,108,124)(H,109,126)(H,110,128)(H,111,131)(H,112,132)(H,113,133)(H,114,134)(H,115,129)(H,121,122)/t45-,46-,47-,48+,55-,57-,58-,59-,60-,61-,62-,63-,64-,65-,66-,67-,68-,69-,73-/m0/s1. The number of nitrogens with one attached hydrogen (secondary N) is 18. The maximum atomic E-state index is 15.9. The number of fused-ring (bicyclic) bond motifs is 13. The predicted octanol–water partition coefficient (Wildman–Crippen LogP) is -6.16. The number of H-pyrrole nitrogens is 2. The number of aliphatic carboxylic acids is 1. The number of carbonyl (C=O) groups excluding carboxylic acids is 20. The van der Waals surface area contributed by atoms with E-state index in [4.69, 9.17) is 28.7 Å². The van der Waals surface area contributed by atoms with Crippen LogP contribution in [-0.2, 0) is 126 Å². The summed E-state index contributed by atoms with van der Waals surface area (Å²) in [6, 6.07) is -10.9. The number of para-hydroxylation sites is 1. The number of carboxylic acid groups (broad SMARTS) is 1. The van der Waals surface area contributed by atoms with E-state index in [1.165, 1.54) is 56.8 Å². The Kier molecular flexibility index (Phi) is 45.8. The van der Waals surface area contributed by atoms with Gasteiger partial charge in [0.25, 0.3) is 0 Å². The first kappa shape index (κ1) is 116. The van der Waals surface area contributed by atoms with Crippen molar-refractivity contribution in [2.45, 2.75) is 253 Å². The molecule has 49 nitrogen and oxygen atoms in total. The molecule has 19 atom stereocenters. The minimum absolute atomic E-state index is 0.0491. The van der Waals surface area contributed by atoms with Crippen LogP contribution in [0.2, 0.25) is 0 Å². The number of aliphatic hydroxyl groups excluding tert-OH is 1. The summed E-state index contributed by atoms with van der Waals surface area (Å²) >= 11 is 0. The highest BCUT2D eigenvalue weighted by Crippen LogP contribution is 2.28. The van der Waals surface area contributed by atoms with Crippen molar-refractivity contribution in [2.75, 3.05) is 36.1 Å². The SMILES string of the molecule is CC(C)C[C@H](NC(=O)[C@H](CCC(N)=O)NC(=O)[C@@H]1CSSC[C@@H]2NC(=O)[C@H](CC(N)=O)NC(=O)[C@@H](N)CSSC[C@H](NC(=O)[C@H](Cc3ccccc3)NC(=O)[C@H](C)NC(=O)[C@H]([C@@H](C)O)NC(=O)[C@H](CCC(=O)O)NC(=O)[C@@H]3CCCN3C(=O)[C@H](C)NC(=O)[C@H](CCCCN)NC2=O)C(=O)N[C@@H](C)C(=O)N[C@@H](Cc2ccc(O)cc2)C(=O)N[C@@H](Cc2c[nH]c3ccccc23)C(=O)N1)C(=O)N[C@@H](Cc1c[nH]cn1)C(N)=O. The van der Waals surface area contributed by atoms with E-state index >= 15 is 38.4 Å². The average Bonchev–Trinajstić information content (AvgIpc) is 1.55. The van der Waals surface area contributed by atoms with Crippen LogP contribution in [-0.4, -0.2) is 310 Å². The molecule has 2 bridgehead atoms. The predicted molar refractivity (Wildman–Crippen MR) is 529 cm³/mol. The smallest absolute Gasteiger partial charge is 0.303 e. The maximum Gasteiger partial charge on any atom is 0.303 e. The van der Waals surface area contributed by atoms with Crippen molar-refractivity contribution in [3.63, 3.8) is 0 Å². The molecule has 8 rings (SSSR count). The Bertz CT molecular complexity index is 5380. The number of carboxylic acids is 1. The van der Waals surface area contributed by atoms with Gasteiger partial charge in [-0.2, -0.15) is 0 Å². The third-order valence-corrected chi connectivity index (χ3v) is 28.2. The first-order valence-electron chi connectivity index (χ1n) is 46.6. The van der Waals surface area contributed by atoms with Gasteiger partial charge in [0.15, 0.2) is 0 Å². The quantitative estimate of drug-likeness (QED) is 0.0150. The largest absolute Gasteiger partial charge is 0.508 e. The van der Waals surface area contributed by atoms with Gasteiger partial charge in [0, 0.05) is 91.4 Å². The lowest BCUT2D eigenvalue weighted by molar-refractivity contribution is -0.142. The summed E-state index contributed by atoms with van der Waals surface area (Å²) in [6.45, 7) is 7.99. The highest BCUT2D eigenvalue weighted by atomic mass is 33.1. The summed E-state index contributed by atoms with van der Waals surface area (Å²) in [5.74, 6) is -26.4. The Balaban J connectivity index is 1.29. The molecule has 5 heterocycles. The molecule has 0 saturated carbocycles. The lowest BCUT2D eigenvalue weighted by Crippen LogP contribution is -2.62. The zero-order chi connectivity index (χ0) is 106. The normalized spacial score (nSPS) is 24.7. The average molecular weight is 2080 g/mol. The Morgan fingerprint density at radius 3 is 1.63 bits per heavy atom. The van der Waals surface area contributed by atoms with Crippen LogP contribution in [0.5, 0.6) is 5.75 Å². The molecule has 144 heavy (non-hydrogen) atoms. The fraction of sp³-hybridized carbons (Fsp3) is 0.516. The topological polar surface area (TPSA) is 789 Å². The van der Waals surface area contributed by atoms with Crippen molar-refractivity contribution in [3.8, 4) is 5.75 Å². The molecule has 784 valence electrons. The van der Waals surface area contributed by atoms with Crippen LogP contribution in [0.3, 0.4) is 0 Å². The van der Waals surface area contributed by atoms with Crippen molar-refractivity contribution < 1.29 is 116 Å². The number of carbonyl (C=O) groups is 21. The number of phenolic OH excluding ortho intramolecular Hbond substituents is 1. The number of benzene rings is 3. The Morgan fingerprint density at radius 2 is 1.03 bits per heavy atom. The van der Waals surface area contributed by atoms with E-state index in [-0.39, 0.29) is 81.7 Å². The Morgan fingerprint density at radius 1 is 0.507 bits per heavy atom. The number of unbranched alkanes of at least 4 members (excludes halogenated alkanes) is 1. The third-order valence-electron chi connectivity index (χ3n) is 23.3. The second-order valence-corrected chi connectivity index (χ2v) is 40.5.